The number of halogens is 1. The third-order valence-electron chi connectivity index (χ3n) is 1.97. The summed E-state index contributed by atoms with van der Waals surface area (Å²) in [4.78, 5) is 0. The van der Waals surface area contributed by atoms with Gasteiger partial charge in [0, 0.05) is 12.5 Å². The third-order valence-corrected chi connectivity index (χ3v) is 1.97. The highest BCUT2D eigenvalue weighted by Crippen LogP contribution is 2.24. The number of aromatic nitrogens is 2. The van der Waals surface area contributed by atoms with Crippen LogP contribution in [0.2, 0.25) is 0 Å². The molecule has 0 bridgehead atoms. The molecule has 2 nitrogen and oxygen atoms in total. The summed E-state index contributed by atoms with van der Waals surface area (Å²) in [6.45, 7) is 7.60. The van der Waals surface area contributed by atoms with Gasteiger partial charge in [0.25, 0.3) is 0 Å². The normalized spacial score (nSPS) is 12.2. The van der Waals surface area contributed by atoms with Crippen LogP contribution in [0.25, 0.3) is 0 Å². The van der Waals surface area contributed by atoms with Crippen molar-refractivity contribution >= 4 is 0 Å². The maximum atomic E-state index is 13.4. The largest absolute Gasteiger partial charge is 0.270 e. The van der Waals surface area contributed by atoms with Gasteiger partial charge in [0.05, 0.1) is 5.69 Å². The summed E-state index contributed by atoms with van der Waals surface area (Å²) in [5, 5.41) is 4.12. The second-order valence-corrected chi connectivity index (χ2v) is 4.12. The maximum absolute atomic E-state index is 13.4. The van der Waals surface area contributed by atoms with Gasteiger partial charge < -0.3 is 0 Å². The van der Waals surface area contributed by atoms with Crippen LogP contribution in [0.1, 0.15) is 32.2 Å². The SMILES string of the molecule is Cc1c(F)c(C(C)(C)C)nn1C. The minimum atomic E-state index is -0.212. The van der Waals surface area contributed by atoms with Crippen LogP contribution >= 0.6 is 0 Å². The van der Waals surface area contributed by atoms with E-state index in [4.69, 9.17) is 0 Å². The Hall–Kier alpha value is -0.860. The van der Waals surface area contributed by atoms with E-state index in [1.807, 2.05) is 20.8 Å². The Balaban J connectivity index is 3.28. The maximum Gasteiger partial charge on any atom is 0.167 e. The highest BCUT2D eigenvalue weighted by molar-refractivity contribution is 5.19. The lowest BCUT2D eigenvalue weighted by Gasteiger charge is -2.14. The zero-order chi connectivity index (χ0) is 9.52. The van der Waals surface area contributed by atoms with E-state index in [9.17, 15) is 4.39 Å². The smallest absolute Gasteiger partial charge is 0.167 e. The van der Waals surface area contributed by atoms with E-state index in [2.05, 4.69) is 5.10 Å². The first kappa shape index (κ1) is 9.23. The molecule has 0 fully saturated rings. The number of nitrogens with zero attached hydrogens (tertiary/aromatic N) is 2. The molecule has 0 saturated carbocycles. The highest BCUT2D eigenvalue weighted by atomic mass is 19.1. The van der Waals surface area contributed by atoms with Crippen LogP contribution in [0.15, 0.2) is 0 Å². The van der Waals surface area contributed by atoms with E-state index in [1.165, 1.54) is 0 Å². The van der Waals surface area contributed by atoms with Gasteiger partial charge in [-0.3, -0.25) is 4.68 Å². The van der Waals surface area contributed by atoms with Gasteiger partial charge in [0.1, 0.15) is 5.69 Å². The Morgan fingerprint density at radius 2 is 1.83 bits per heavy atom. The second-order valence-electron chi connectivity index (χ2n) is 4.12. The van der Waals surface area contributed by atoms with Gasteiger partial charge in [-0.25, -0.2) is 4.39 Å². The number of aryl methyl sites for hydroxylation is 1. The Bertz CT molecular complexity index is 294. The van der Waals surface area contributed by atoms with Crippen molar-refractivity contribution in [1.29, 1.82) is 0 Å². The molecule has 0 radical (unpaired) electrons. The van der Waals surface area contributed by atoms with E-state index >= 15 is 0 Å². The molecule has 0 unspecified atom stereocenters. The molecule has 12 heavy (non-hydrogen) atoms. The molecule has 3 heteroatoms. The predicted octanol–water partition coefficient (Wildman–Crippen LogP) is 2.17. The van der Waals surface area contributed by atoms with Gasteiger partial charge in [-0.2, -0.15) is 5.10 Å². The highest BCUT2D eigenvalue weighted by Gasteiger charge is 2.24. The zero-order valence-electron chi connectivity index (χ0n) is 8.27. The van der Waals surface area contributed by atoms with Crippen molar-refractivity contribution in [3.63, 3.8) is 0 Å². The topological polar surface area (TPSA) is 17.8 Å². The molecule has 0 saturated heterocycles. The van der Waals surface area contributed by atoms with Gasteiger partial charge in [0.2, 0.25) is 0 Å². The molecule has 1 aromatic rings. The summed E-state index contributed by atoms with van der Waals surface area (Å²) in [7, 11) is 1.76. The van der Waals surface area contributed by atoms with Crippen molar-refractivity contribution in [1.82, 2.24) is 9.78 Å². The Morgan fingerprint density at radius 1 is 1.33 bits per heavy atom. The molecule has 0 spiro atoms. The minimum absolute atomic E-state index is 0.176. The molecular weight excluding hydrogens is 155 g/mol. The van der Waals surface area contributed by atoms with E-state index < -0.39 is 0 Å². The third kappa shape index (κ3) is 1.36. The first-order valence-corrected chi connectivity index (χ1v) is 4.03. The molecule has 0 amide bonds. The number of hydrogen-bond donors (Lipinski definition) is 0. The Kier molecular flexibility index (Phi) is 1.98. The van der Waals surface area contributed by atoms with Crippen LogP contribution < -0.4 is 0 Å². The fourth-order valence-corrected chi connectivity index (χ4v) is 1.06. The van der Waals surface area contributed by atoms with Gasteiger partial charge in [-0.15, -0.1) is 0 Å². The van der Waals surface area contributed by atoms with Crippen LogP contribution in [0, 0.1) is 12.7 Å². The van der Waals surface area contributed by atoms with Crippen molar-refractivity contribution in [3.8, 4) is 0 Å². The average Bonchev–Trinajstić information content (AvgIpc) is 2.15. The van der Waals surface area contributed by atoms with E-state index in [1.54, 1.807) is 18.7 Å². The zero-order valence-corrected chi connectivity index (χ0v) is 8.27. The molecule has 0 aromatic carbocycles. The minimum Gasteiger partial charge on any atom is -0.270 e. The second kappa shape index (κ2) is 2.57. The Morgan fingerprint density at radius 3 is 2.00 bits per heavy atom. The van der Waals surface area contributed by atoms with Crippen LogP contribution in [-0.4, -0.2) is 9.78 Å². The van der Waals surface area contributed by atoms with Crippen molar-refractivity contribution in [2.75, 3.05) is 0 Å². The molecule has 68 valence electrons. The lowest BCUT2D eigenvalue weighted by atomic mass is 9.92. The van der Waals surface area contributed by atoms with Crippen molar-refractivity contribution in [3.05, 3.63) is 17.2 Å². The summed E-state index contributed by atoms with van der Waals surface area (Å²) < 4.78 is 15.0. The summed E-state index contributed by atoms with van der Waals surface area (Å²) in [6, 6.07) is 0. The summed E-state index contributed by atoms with van der Waals surface area (Å²) in [5.41, 5.74) is 0.929. The molecule has 1 aromatic heterocycles. The molecule has 1 rings (SSSR count). The van der Waals surface area contributed by atoms with E-state index in [-0.39, 0.29) is 11.2 Å². The Labute approximate surface area is 72.4 Å². The van der Waals surface area contributed by atoms with Crippen LogP contribution in [0.3, 0.4) is 0 Å². The standard InChI is InChI=1S/C9H15FN2/c1-6-7(10)8(9(2,3)4)11-12(6)5/h1-5H3. The first-order chi connectivity index (χ1) is 5.34. The average molecular weight is 170 g/mol. The summed E-state index contributed by atoms with van der Waals surface area (Å²) in [6.07, 6.45) is 0. The van der Waals surface area contributed by atoms with Crippen LogP contribution in [-0.2, 0) is 12.5 Å². The van der Waals surface area contributed by atoms with Gasteiger partial charge in [0.15, 0.2) is 5.82 Å². The molecule has 0 N–H and O–H groups in total. The predicted molar refractivity (Wildman–Crippen MR) is 46.6 cm³/mol. The molecule has 0 aliphatic heterocycles. The summed E-state index contributed by atoms with van der Waals surface area (Å²) in [5.74, 6) is -0.176. The molecule has 1 heterocycles. The van der Waals surface area contributed by atoms with Crippen molar-refractivity contribution in [2.24, 2.45) is 7.05 Å². The van der Waals surface area contributed by atoms with Gasteiger partial charge in [-0.1, -0.05) is 20.8 Å². The summed E-state index contributed by atoms with van der Waals surface area (Å²) >= 11 is 0. The quantitative estimate of drug-likeness (QED) is 0.583. The lowest BCUT2D eigenvalue weighted by Crippen LogP contribution is -2.14. The van der Waals surface area contributed by atoms with Crippen LogP contribution in [0.4, 0.5) is 4.39 Å². The fourth-order valence-electron chi connectivity index (χ4n) is 1.06. The lowest BCUT2D eigenvalue weighted by molar-refractivity contribution is 0.507. The molecule has 0 aliphatic rings. The van der Waals surface area contributed by atoms with E-state index in [0.717, 1.165) is 0 Å². The first-order valence-electron chi connectivity index (χ1n) is 4.03. The van der Waals surface area contributed by atoms with Gasteiger partial charge >= 0.3 is 0 Å². The molecular formula is C9H15FN2. The van der Waals surface area contributed by atoms with Crippen molar-refractivity contribution < 1.29 is 4.39 Å². The van der Waals surface area contributed by atoms with Gasteiger partial charge in [-0.05, 0) is 6.92 Å². The van der Waals surface area contributed by atoms with E-state index in [0.29, 0.717) is 11.4 Å². The number of rotatable bonds is 0. The monoisotopic (exact) mass is 170 g/mol. The molecule has 0 aliphatic carbocycles. The molecule has 0 atom stereocenters. The van der Waals surface area contributed by atoms with Crippen LogP contribution in [0.5, 0.6) is 0 Å². The number of hydrogen-bond acceptors (Lipinski definition) is 1. The van der Waals surface area contributed by atoms with Crippen molar-refractivity contribution in [2.45, 2.75) is 33.1 Å². The fraction of sp³-hybridized carbons (Fsp3) is 0.667.